The normalized spacial score (nSPS) is 14.2. The average molecular weight is 417 g/mol. The van der Waals surface area contributed by atoms with Gasteiger partial charge in [0.2, 0.25) is 0 Å². The molecule has 0 spiro atoms. The number of sulfonamides is 1. The minimum atomic E-state index is -3.78. The molecule has 1 saturated heterocycles. The first-order chi connectivity index (χ1) is 13.8. The maximum atomic E-state index is 12.5. The zero-order valence-electron chi connectivity index (χ0n) is 16.3. The van der Waals surface area contributed by atoms with E-state index in [0.717, 1.165) is 30.4 Å². The molecule has 0 bridgehead atoms. The Labute approximate surface area is 170 Å². The Hall–Kier alpha value is -2.75. The summed E-state index contributed by atoms with van der Waals surface area (Å²) in [5.74, 6) is -0.449. The lowest BCUT2D eigenvalue weighted by Gasteiger charge is -2.16. The summed E-state index contributed by atoms with van der Waals surface area (Å²) in [6, 6.07) is 12.3. The van der Waals surface area contributed by atoms with Crippen molar-refractivity contribution in [1.82, 2.24) is 9.37 Å². The van der Waals surface area contributed by atoms with Gasteiger partial charge in [-0.25, -0.2) is 8.42 Å². The van der Waals surface area contributed by atoms with E-state index in [9.17, 15) is 18.0 Å². The van der Waals surface area contributed by atoms with Crippen molar-refractivity contribution in [2.75, 3.05) is 32.6 Å². The monoisotopic (exact) mass is 417 g/mol. The molecule has 1 N–H and O–H groups in total. The number of benzene rings is 2. The molecule has 8 nitrogen and oxygen atoms in total. The van der Waals surface area contributed by atoms with Crippen LogP contribution in [0.4, 0.5) is 5.69 Å². The summed E-state index contributed by atoms with van der Waals surface area (Å²) in [4.78, 5) is 31.6. The number of hydrogen-bond acceptors (Lipinski definition) is 5. The van der Waals surface area contributed by atoms with Gasteiger partial charge < -0.3 is 10.2 Å². The van der Waals surface area contributed by atoms with Gasteiger partial charge in [0.05, 0.1) is 12.0 Å². The lowest BCUT2D eigenvalue weighted by molar-refractivity contribution is -0.0258. The van der Waals surface area contributed by atoms with Gasteiger partial charge in [0, 0.05) is 37.0 Å². The third-order valence-electron chi connectivity index (χ3n) is 4.77. The predicted octanol–water partition coefficient (Wildman–Crippen LogP) is 2.36. The molecule has 2 amide bonds. The van der Waals surface area contributed by atoms with E-state index in [1.807, 2.05) is 0 Å². The highest BCUT2D eigenvalue weighted by atomic mass is 32.2. The van der Waals surface area contributed by atoms with Crippen LogP contribution in [0.5, 0.6) is 0 Å². The highest BCUT2D eigenvalue weighted by Crippen LogP contribution is 2.19. The third kappa shape index (κ3) is 4.64. The van der Waals surface area contributed by atoms with Crippen molar-refractivity contribution in [3.63, 3.8) is 0 Å². The van der Waals surface area contributed by atoms with Crippen molar-refractivity contribution in [2.45, 2.75) is 17.7 Å². The minimum Gasteiger partial charge on any atom is -0.339 e. The van der Waals surface area contributed by atoms with E-state index >= 15 is 0 Å². The Balaban J connectivity index is 1.72. The van der Waals surface area contributed by atoms with Crippen LogP contribution in [0.3, 0.4) is 0 Å². The van der Waals surface area contributed by atoms with Crippen LogP contribution in [0.1, 0.15) is 33.6 Å². The van der Waals surface area contributed by atoms with Crippen molar-refractivity contribution in [1.29, 1.82) is 0 Å². The first-order valence-electron chi connectivity index (χ1n) is 9.17. The SMILES string of the molecule is CON(C)S(=O)(=O)c1ccc(C(=O)Nc2cccc(C(=O)N3CCCC3)c2)cc1. The van der Waals surface area contributed by atoms with Crippen molar-refractivity contribution in [3.8, 4) is 0 Å². The molecule has 0 aliphatic carbocycles. The smallest absolute Gasteiger partial charge is 0.264 e. The van der Waals surface area contributed by atoms with Gasteiger partial charge in [0.15, 0.2) is 0 Å². The number of rotatable bonds is 6. The number of likely N-dealkylation sites (tertiary alicyclic amines) is 1. The van der Waals surface area contributed by atoms with Gasteiger partial charge in [-0.15, -0.1) is 0 Å². The molecule has 2 aromatic rings. The summed E-state index contributed by atoms with van der Waals surface area (Å²) in [6.07, 6.45) is 2.02. The summed E-state index contributed by atoms with van der Waals surface area (Å²) in [5.41, 5.74) is 1.31. The van der Waals surface area contributed by atoms with Crippen LogP contribution in [0, 0.1) is 0 Å². The van der Waals surface area contributed by atoms with E-state index in [2.05, 4.69) is 5.32 Å². The third-order valence-corrected chi connectivity index (χ3v) is 6.46. The van der Waals surface area contributed by atoms with Gasteiger partial charge in [-0.3, -0.25) is 14.4 Å². The number of hydrogen-bond donors (Lipinski definition) is 1. The van der Waals surface area contributed by atoms with Gasteiger partial charge in [-0.1, -0.05) is 10.5 Å². The number of carbonyl (C=O) groups excluding carboxylic acids is 2. The molecule has 2 aromatic carbocycles. The van der Waals surface area contributed by atoms with Crippen molar-refractivity contribution < 1.29 is 22.8 Å². The number of anilines is 1. The fourth-order valence-corrected chi connectivity index (χ4v) is 4.03. The largest absolute Gasteiger partial charge is 0.339 e. The van der Waals surface area contributed by atoms with Crippen molar-refractivity contribution in [3.05, 3.63) is 59.7 Å². The molecule has 1 fully saturated rings. The zero-order chi connectivity index (χ0) is 21.0. The maximum Gasteiger partial charge on any atom is 0.264 e. The molecule has 1 aliphatic heterocycles. The van der Waals surface area contributed by atoms with Crippen LogP contribution in [0.15, 0.2) is 53.4 Å². The van der Waals surface area contributed by atoms with Crippen LogP contribution in [0.25, 0.3) is 0 Å². The highest BCUT2D eigenvalue weighted by molar-refractivity contribution is 7.89. The fourth-order valence-electron chi connectivity index (χ4n) is 3.06. The second-order valence-corrected chi connectivity index (χ2v) is 8.59. The Morgan fingerprint density at radius 2 is 1.69 bits per heavy atom. The topological polar surface area (TPSA) is 96.0 Å². The molecule has 1 aliphatic rings. The zero-order valence-corrected chi connectivity index (χ0v) is 17.1. The summed E-state index contributed by atoms with van der Waals surface area (Å²) in [6.45, 7) is 1.51. The molecule has 0 radical (unpaired) electrons. The van der Waals surface area contributed by atoms with Gasteiger partial charge in [-0.05, 0) is 55.3 Å². The molecule has 1 heterocycles. The molecule has 3 rings (SSSR count). The van der Waals surface area contributed by atoms with E-state index in [0.29, 0.717) is 16.8 Å². The summed E-state index contributed by atoms with van der Waals surface area (Å²) >= 11 is 0. The van der Waals surface area contributed by atoms with E-state index in [-0.39, 0.29) is 10.8 Å². The van der Waals surface area contributed by atoms with E-state index in [1.54, 1.807) is 29.2 Å². The molecule has 0 unspecified atom stereocenters. The van der Waals surface area contributed by atoms with Crippen molar-refractivity contribution in [2.24, 2.45) is 0 Å². The van der Waals surface area contributed by atoms with Gasteiger partial charge in [0.25, 0.3) is 21.8 Å². The van der Waals surface area contributed by atoms with Crippen LogP contribution in [-0.2, 0) is 14.9 Å². The van der Waals surface area contributed by atoms with Crippen LogP contribution < -0.4 is 5.32 Å². The van der Waals surface area contributed by atoms with E-state index < -0.39 is 15.9 Å². The van der Waals surface area contributed by atoms with E-state index in [4.69, 9.17) is 4.84 Å². The highest BCUT2D eigenvalue weighted by Gasteiger charge is 2.22. The molecular weight excluding hydrogens is 394 g/mol. The molecule has 0 atom stereocenters. The van der Waals surface area contributed by atoms with Crippen molar-refractivity contribution >= 4 is 27.5 Å². The van der Waals surface area contributed by atoms with E-state index in [1.165, 1.54) is 38.4 Å². The molecule has 29 heavy (non-hydrogen) atoms. The van der Waals surface area contributed by atoms with Crippen LogP contribution in [0.2, 0.25) is 0 Å². The number of amides is 2. The standard InChI is InChI=1S/C20H23N3O5S/c1-22(28-2)29(26,27)18-10-8-15(9-11-18)19(24)21-17-7-5-6-16(14-17)20(25)23-12-3-4-13-23/h5-11,14H,3-4,12-13H2,1-2H3,(H,21,24). The Morgan fingerprint density at radius 1 is 1.03 bits per heavy atom. The maximum absolute atomic E-state index is 12.5. The summed E-state index contributed by atoms with van der Waals surface area (Å²) in [5, 5.41) is 2.74. The summed E-state index contributed by atoms with van der Waals surface area (Å²) < 4.78 is 25.2. The number of hydroxylamine groups is 1. The lowest BCUT2D eigenvalue weighted by Crippen LogP contribution is -2.27. The second-order valence-electron chi connectivity index (χ2n) is 6.66. The minimum absolute atomic E-state index is 0.0107. The number of nitrogens with zero attached hydrogens (tertiary/aromatic N) is 2. The average Bonchev–Trinajstić information content (AvgIpc) is 3.27. The fraction of sp³-hybridized carbons (Fsp3) is 0.300. The predicted molar refractivity (Wildman–Crippen MR) is 108 cm³/mol. The second kappa shape index (κ2) is 8.73. The number of nitrogens with one attached hydrogen (secondary N) is 1. The molecule has 9 heteroatoms. The van der Waals surface area contributed by atoms with Gasteiger partial charge >= 0.3 is 0 Å². The first-order valence-corrected chi connectivity index (χ1v) is 10.6. The Bertz CT molecular complexity index is 999. The first kappa shape index (κ1) is 21.0. The Kier molecular flexibility index (Phi) is 6.31. The molecule has 154 valence electrons. The molecular formula is C20H23N3O5S. The molecule has 0 saturated carbocycles. The van der Waals surface area contributed by atoms with Gasteiger partial charge in [-0.2, -0.15) is 0 Å². The van der Waals surface area contributed by atoms with Crippen LogP contribution >= 0.6 is 0 Å². The van der Waals surface area contributed by atoms with Gasteiger partial charge in [0.1, 0.15) is 0 Å². The molecule has 0 aromatic heterocycles. The summed E-state index contributed by atoms with van der Waals surface area (Å²) in [7, 11) is -1.24. The van der Waals surface area contributed by atoms with Crippen LogP contribution in [-0.4, -0.2) is 56.8 Å². The lowest BCUT2D eigenvalue weighted by atomic mass is 10.1. The quantitative estimate of drug-likeness (QED) is 0.728. The Morgan fingerprint density at radius 3 is 2.31 bits per heavy atom. The number of carbonyl (C=O) groups is 2.